The lowest BCUT2D eigenvalue weighted by Gasteiger charge is -2.07. The molecule has 14 heavy (non-hydrogen) atoms. The predicted molar refractivity (Wildman–Crippen MR) is 60.4 cm³/mol. The summed E-state index contributed by atoms with van der Waals surface area (Å²) in [5, 5.41) is 0.472. The molecule has 3 nitrogen and oxygen atoms in total. The van der Waals surface area contributed by atoms with Gasteiger partial charge in [0.1, 0.15) is 0 Å². The second-order valence-corrected chi connectivity index (χ2v) is 4.93. The van der Waals surface area contributed by atoms with Gasteiger partial charge >= 0.3 is 0 Å². The molecule has 1 aromatic carbocycles. The van der Waals surface area contributed by atoms with Crippen molar-refractivity contribution in [1.82, 2.24) is 0 Å². The lowest BCUT2D eigenvalue weighted by atomic mass is 10.2. The number of nitrogens with two attached hydrogens (primary N) is 2. The summed E-state index contributed by atoms with van der Waals surface area (Å²) in [4.78, 5) is 12.0. The Bertz CT molecular complexity index is 350. The molecule has 0 aliphatic rings. The van der Waals surface area contributed by atoms with E-state index in [1.807, 2.05) is 6.07 Å². The van der Waals surface area contributed by atoms with Crippen molar-refractivity contribution in [2.24, 2.45) is 5.73 Å². The number of anilines is 1. The lowest BCUT2D eigenvalue weighted by molar-refractivity contribution is 0.100. The third-order valence-corrected chi connectivity index (χ3v) is 2.66. The molecule has 0 atom stereocenters. The standard InChI is InChI=1S/C10H14N2OS/c1-6(2)14-7-3-4-9(11)8(5-7)10(12)13/h3-6H,11H2,1-2H3,(H2,12,13). The normalized spacial score (nSPS) is 10.5. The monoisotopic (exact) mass is 210 g/mol. The van der Waals surface area contributed by atoms with Crippen molar-refractivity contribution in [1.29, 1.82) is 0 Å². The zero-order valence-corrected chi connectivity index (χ0v) is 9.10. The quantitative estimate of drug-likeness (QED) is 0.591. The van der Waals surface area contributed by atoms with Gasteiger partial charge in [0.2, 0.25) is 0 Å². The van der Waals surface area contributed by atoms with E-state index in [0.717, 1.165) is 4.90 Å². The van der Waals surface area contributed by atoms with Crippen LogP contribution in [0.2, 0.25) is 0 Å². The van der Waals surface area contributed by atoms with Crippen LogP contribution in [0.15, 0.2) is 23.1 Å². The highest BCUT2D eigenvalue weighted by atomic mass is 32.2. The van der Waals surface area contributed by atoms with E-state index in [1.165, 1.54) is 0 Å². The molecule has 0 aromatic heterocycles. The van der Waals surface area contributed by atoms with Crippen LogP contribution in [0.25, 0.3) is 0 Å². The number of carbonyl (C=O) groups is 1. The molecule has 4 heteroatoms. The number of benzene rings is 1. The second-order valence-electron chi connectivity index (χ2n) is 3.28. The molecule has 1 amide bonds. The SMILES string of the molecule is CC(C)Sc1ccc(N)c(C(N)=O)c1. The first-order chi connectivity index (χ1) is 6.50. The van der Waals surface area contributed by atoms with E-state index in [0.29, 0.717) is 16.5 Å². The zero-order chi connectivity index (χ0) is 10.7. The fraction of sp³-hybridized carbons (Fsp3) is 0.300. The van der Waals surface area contributed by atoms with Crippen LogP contribution in [0.5, 0.6) is 0 Å². The van der Waals surface area contributed by atoms with E-state index < -0.39 is 5.91 Å². The number of carbonyl (C=O) groups excluding carboxylic acids is 1. The lowest BCUT2D eigenvalue weighted by Crippen LogP contribution is -2.13. The van der Waals surface area contributed by atoms with Gasteiger partial charge in [0.15, 0.2) is 0 Å². The molecule has 0 aliphatic heterocycles. The number of thioether (sulfide) groups is 1. The number of amides is 1. The van der Waals surface area contributed by atoms with Crippen LogP contribution in [-0.4, -0.2) is 11.2 Å². The van der Waals surface area contributed by atoms with Crippen LogP contribution >= 0.6 is 11.8 Å². The van der Waals surface area contributed by atoms with Gasteiger partial charge in [-0.2, -0.15) is 0 Å². The van der Waals surface area contributed by atoms with Crippen LogP contribution in [-0.2, 0) is 0 Å². The smallest absolute Gasteiger partial charge is 0.250 e. The van der Waals surface area contributed by atoms with Crippen molar-refractivity contribution < 1.29 is 4.79 Å². The topological polar surface area (TPSA) is 69.1 Å². The van der Waals surface area contributed by atoms with Crippen molar-refractivity contribution in [3.63, 3.8) is 0 Å². The maximum absolute atomic E-state index is 11.0. The van der Waals surface area contributed by atoms with Crippen LogP contribution in [0, 0.1) is 0 Å². The summed E-state index contributed by atoms with van der Waals surface area (Å²) in [6.45, 7) is 4.18. The molecule has 0 radical (unpaired) electrons. The van der Waals surface area contributed by atoms with Gasteiger partial charge in [-0.3, -0.25) is 4.79 Å². The molecule has 0 spiro atoms. The average Bonchev–Trinajstić information content (AvgIpc) is 2.07. The van der Waals surface area contributed by atoms with E-state index in [9.17, 15) is 4.79 Å². The number of hydrogen-bond acceptors (Lipinski definition) is 3. The molecule has 0 bridgehead atoms. The fourth-order valence-electron chi connectivity index (χ4n) is 1.09. The first-order valence-electron chi connectivity index (χ1n) is 4.36. The van der Waals surface area contributed by atoms with E-state index in [1.54, 1.807) is 23.9 Å². The first kappa shape index (κ1) is 10.9. The molecule has 1 aromatic rings. The summed E-state index contributed by atoms with van der Waals surface area (Å²) >= 11 is 1.68. The van der Waals surface area contributed by atoms with Gasteiger partial charge in [0, 0.05) is 15.8 Å². The number of rotatable bonds is 3. The Hall–Kier alpha value is -1.16. The summed E-state index contributed by atoms with van der Waals surface area (Å²) in [5.41, 5.74) is 11.6. The van der Waals surface area contributed by atoms with Crippen LogP contribution in [0.1, 0.15) is 24.2 Å². The Labute approximate surface area is 87.9 Å². The molecule has 0 saturated carbocycles. The van der Waals surface area contributed by atoms with Gasteiger partial charge in [-0.15, -0.1) is 11.8 Å². The Morgan fingerprint density at radius 2 is 2.07 bits per heavy atom. The number of primary amides is 1. The van der Waals surface area contributed by atoms with Gasteiger partial charge < -0.3 is 11.5 Å². The minimum Gasteiger partial charge on any atom is -0.398 e. The van der Waals surface area contributed by atoms with Crippen molar-refractivity contribution in [2.75, 3.05) is 5.73 Å². The largest absolute Gasteiger partial charge is 0.398 e. The maximum atomic E-state index is 11.0. The molecule has 0 saturated heterocycles. The summed E-state index contributed by atoms with van der Waals surface area (Å²) in [5.74, 6) is -0.478. The number of nitrogen functional groups attached to an aromatic ring is 1. The highest BCUT2D eigenvalue weighted by Gasteiger charge is 2.07. The van der Waals surface area contributed by atoms with E-state index >= 15 is 0 Å². The molecule has 76 valence electrons. The summed E-state index contributed by atoms with van der Waals surface area (Å²) < 4.78 is 0. The summed E-state index contributed by atoms with van der Waals surface area (Å²) in [6.07, 6.45) is 0. The number of hydrogen-bond donors (Lipinski definition) is 2. The molecule has 0 heterocycles. The molecule has 1 rings (SSSR count). The van der Waals surface area contributed by atoms with Crippen molar-refractivity contribution in [2.45, 2.75) is 24.0 Å². The first-order valence-corrected chi connectivity index (χ1v) is 5.24. The highest BCUT2D eigenvalue weighted by Crippen LogP contribution is 2.25. The Morgan fingerprint density at radius 3 is 2.57 bits per heavy atom. The molecular weight excluding hydrogens is 196 g/mol. The molecular formula is C10H14N2OS. The summed E-state index contributed by atoms with van der Waals surface area (Å²) in [6, 6.07) is 5.35. The Balaban J connectivity index is 3.00. The van der Waals surface area contributed by atoms with Gasteiger partial charge in [-0.1, -0.05) is 13.8 Å². The van der Waals surface area contributed by atoms with Gasteiger partial charge in [-0.05, 0) is 18.2 Å². The summed E-state index contributed by atoms with van der Waals surface area (Å²) in [7, 11) is 0. The molecule has 0 aliphatic carbocycles. The molecule has 0 fully saturated rings. The van der Waals surface area contributed by atoms with Crippen LogP contribution in [0.3, 0.4) is 0 Å². The van der Waals surface area contributed by atoms with E-state index in [2.05, 4.69) is 13.8 Å². The Kier molecular flexibility index (Phi) is 3.41. The fourth-order valence-corrected chi connectivity index (χ4v) is 1.97. The Morgan fingerprint density at radius 1 is 1.43 bits per heavy atom. The van der Waals surface area contributed by atoms with E-state index in [-0.39, 0.29) is 0 Å². The molecule has 0 unspecified atom stereocenters. The van der Waals surface area contributed by atoms with E-state index in [4.69, 9.17) is 11.5 Å². The maximum Gasteiger partial charge on any atom is 0.250 e. The minimum atomic E-state index is -0.478. The second kappa shape index (κ2) is 4.37. The van der Waals surface area contributed by atoms with Crippen LogP contribution in [0.4, 0.5) is 5.69 Å². The highest BCUT2D eigenvalue weighted by molar-refractivity contribution is 7.99. The van der Waals surface area contributed by atoms with Gasteiger partial charge in [0.25, 0.3) is 5.91 Å². The van der Waals surface area contributed by atoms with Gasteiger partial charge in [0.05, 0.1) is 5.56 Å². The molecule has 4 N–H and O–H groups in total. The van der Waals surface area contributed by atoms with Crippen molar-refractivity contribution in [3.8, 4) is 0 Å². The van der Waals surface area contributed by atoms with Crippen molar-refractivity contribution >= 4 is 23.4 Å². The van der Waals surface area contributed by atoms with Gasteiger partial charge in [-0.25, -0.2) is 0 Å². The third-order valence-electron chi connectivity index (χ3n) is 1.66. The third kappa shape index (κ3) is 2.67. The van der Waals surface area contributed by atoms with Crippen LogP contribution < -0.4 is 11.5 Å². The average molecular weight is 210 g/mol. The predicted octanol–water partition coefficient (Wildman–Crippen LogP) is 1.87. The van der Waals surface area contributed by atoms with Crippen molar-refractivity contribution in [3.05, 3.63) is 23.8 Å². The minimum absolute atomic E-state index is 0.399. The zero-order valence-electron chi connectivity index (χ0n) is 8.28.